The normalized spacial score (nSPS) is 17.2. The van der Waals surface area contributed by atoms with Crippen LogP contribution in [-0.4, -0.2) is 24.2 Å². The van der Waals surface area contributed by atoms with Crippen molar-refractivity contribution < 1.29 is 14.3 Å². The first kappa shape index (κ1) is 18.1. The summed E-state index contributed by atoms with van der Waals surface area (Å²) >= 11 is 1.15. The van der Waals surface area contributed by atoms with Crippen molar-refractivity contribution in [3.05, 3.63) is 46.5 Å². The molecule has 5 nitrogen and oxygen atoms in total. The number of amides is 1. The van der Waals surface area contributed by atoms with Crippen molar-refractivity contribution in [1.29, 1.82) is 5.26 Å². The van der Waals surface area contributed by atoms with Gasteiger partial charge >= 0.3 is 5.97 Å². The maximum absolute atomic E-state index is 12.0. The van der Waals surface area contributed by atoms with E-state index in [1.165, 1.54) is 0 Å². The van der Waals surface area contributed by atoms with Crippen LogP contribution in [0.4, 0.5) is 0 Å². The molecule has 0 fully saturated rings. The van der Waals surface area contributed by atoms with Crippen LogP contribution in [0.15, 0.2) is 40.9 Å². The van der Waals surface area contributed by atoms with E-state index in [0.717, 1.165) is 30.2 Å². The molecule has 1 heterocycles. The molecule has 2 rings (SSSR count). The number of rotatable bonds is 7. The lowest BCUT2D eigenvalue weighted by molar-refractivity contribution is -0.140. The number of carbonyl (C=O) groups excluding carboxylic acids is 2. The van der Waals surface area contributed by atoms with Crippen LogP contribution in [0.1, 0.15) is 37.7 Å². The van der Waals surface area contributed by atoms with Crippen LogP contribution in [0.5, 0.6) is 0 Å². The highest BCUT2D eigenvalue weighted by Gasteiger charge is 2.29. The van der Waals surface area contributed by atoms with Crippen molar-refractivity contribution in [2.24, 2.45) is 0 Å². The van der Waals surface area contributed by atoms with E-state index in [9.17, 15) is 14.9 Å². The average molecular weight is 344 g/mol. The molecular formula is C18H20N2O3S. The third-order valence-electron chi connectivity index (χ3n) is 3.65. The van der Waals surface area contributed by atoms with Crippen molar-refractivity contribution in [1.82, 2.24) is 5.32 Å². The second kappa shape index (κ2) is 9.14. The Morgan fingerprint density at radius 3 is 2.83 bits per heavy atom. The molecule has 1 aliphatic heterocycles. The fraction of sp³-hybridized carbons (Fsp3) is 0.389. The van der Waals surface area contributed by atoms with E-state index < -0.39 is 0 Å². The average Bonchev–Trinajstić information content (AvgIpc) is 2.60. The molecule has 1 aromatic carbocycles. The van der Waals surface area contributed by atoms with Crippen LogP contribution in [0.3, 0.4) is 0 Å². The molecule has 0 unspecified atom stereocenters. The van der Waals surface area contributed by atoms with E-state index in [4.69, 9.17) is 4.74 Å². The van der Waals surface area contributed by atoms with Crippen molar-refractivity contribution in [2.75, 3.05) is 12.4 Å². The fourth-order valence-electron chi connectivity index (χ4n) is 2.41. The minimum absolute atomic E-state index is 0.0754. The molecular weight excluding hydrogens is 324 g/mol. The van der Waals surface area contributed by atoms with Gasteiger partial charge in [0.15, 0.2) is 0 Å². The van der Waals surface area contributed by atoms with Crippen LogP contribution in [0.25, 0.3) is 0 Å². The van der Waals surface area contributed by atoms with Gasteiger partial charge in [-0.2, -0.15) is 5.26 Å². The van der Waals surface area contributed by atoms with Crippen molar-refractivity contribution in [3.8, 4) is 6.07 Å². The van der Waals surface area contributed by atoms with Gasteiger partial charge in [0.05, 0.1) is 29.0 Å². The van der Waals surface area contributed by atoms with Gasteiger partial charge in [-0.05, 0) is 12.0 Å². The first-order chi connectivity index (χ1) is 11.7. The minimum Gasteiger partial charge on any atom is -0.465 e. The van der Waals surface area contributed by atoms with E-state index in [1.807, 2.05) is 37.3 Å². The molecule has 0 spiro atoms. The van der Waals surface area contributed by atoms with E-state index in [-0.39, 0.29) is 30.0 Å². The highest BCUT2D eigenvalue weighted by atomic mass is 32.2. The number of thioether (sulfide) groups is 1. The van der Waals surface area contributed by atoms with Crippen molar-refractivity contribution in [2.45, 2.75) is 32.1 Å². The van der Waals surface area contributed by atoms with E-state index in [0.29, 0.717) is 17.2 Å². The zero-order valence-electron chi connectivity index (χ0n) is 13.6. The van der Waals surface area contributed by atoms with Crippen molar-refractivity contribution in [3.63, 3.8) is 0 Å². The minimum atomic E-state index is -0.339. The van der Waals surface area contributed by atoms with E-state index in [2.05, 4.69) is 11.4 Å². The summed E-state index contributed by atoms with van der Waals surface area (Å²) in [6.45, 7) is 2.42. The molecule has 24 heavy (non-hydrogen) atoms. The molecule has 126 valence electrons. The van der Waals surface area contributed by atoms with E-state index >= 15 is 0 Å². The molecule has 0 aromatic heterocycles. The molecule has 1 aliphatic rings. The fourth-order valence-corrected chi connectivity index (χ4v) is 3.28. The topological polar surface area (TPSA) is 79.2 Å². The predicted molar refractivity (Wildman–Crippen MR) is 92.9 cm³/mol. The summed E-state index contributed by atoms with van der Waals surface area (Å²) in [6.07, 6.45) is 2.02. The first-order valence-electron chi connectivity index (χ1n) is 7.93. The van der Waals surface area contributed by atoms with Gasteiger partial charge in [0.1, 0.15) is 0 Å². The molecule has 1 atom stereocenters. The predicted octanol–water partition coefficient (Wildman–Crippen LogP) is 3.10. The Labute approximate surface area is 146 Å². The summed E-state index contributed by atoms with van der Waals surface area (Å²) in [5.74, 6) is -0.686. The molecule has 1 amide bonds. The Balaban J connectivity index is 2.10. The van der Waals surface area contributed by atoms with Crippen LogP contribution in [0, 0.1) is 11.3 Å². The number of nitriles is 1. The highest BCUT2D eigenvalue weighted by molar-refractivity contribution is 8.03. The molecule has 0 radical (unpaired) electrons. The number of benzene rings is 1. The number of allylic oxidation sites excluding steroid dienone is 1. The van der Waals surface area contributed by atoms with E-state index in [1.54, 1.807) is 0 Å². The quantitative estimate of drug-likeness (QED) is 0.607. The lowest BCUT2D eigenvalue weighted by Crippen LogP contribution is -2.31. The number of carbonyl (C=O) groups is 2. The second-order valence-corrected chi connectivity index (χ2v) is 6.42. The summed E-state index contributed by atoms with van der Waals surface area (Å²) < 4.78 is 5.10. The van der Waals surface area contributed by atoms with Gasteiger partial charge in [-0.15, -0.1) is 0 Å². The zero-order chi connectivity index (χ0) is 17.4. The smallest absolute Gasteiger partial charge is 0.316 e. The first-order valence-corrected chi connectivity index (χ1v) is 8.91. The summed E-state index contributed by atoms with van der Waals surface area (Å²) in [4.78, 5) is 23.7. The maximum atomic E-state index is 12.0. The highest BCUT2D eigenvalue weighted by Crippen LogP contribution is 2.35. The van der Waals surface area contributed by atoms with Crippen molar-refractivity contribution >= 4 is 23.6 Å². The van der Waals surface area contributed by atoms with Crippen LogP contribution in [-0.2, 0) is 14.3 Å². The Bertz CT molecular complexity index is 665. The van der Waals surface area contributed by atoms with Gasteiger partial charge in [0, 0.05) is 12.3 Å². The number of hydrogen-bond acceptors (Lipinski definition) is 5. The Hall–Kier alpha value is -2.26. The SMILES string of the molecule is CCCCOC(=O)CSC1=C(C#N)[C@H](c2ccccc2)CC(=O)N1. The molecule has 6 heteroatoms. The zero-order valence-corrected chi connectivity index (χ0v) is 14.4. The number of esters is 1. The molecule has 0 aliphatic carbocycles. The Morgan fingerprint density at radius 1 is 1.42 bits per heavy atom. The lowest BCUT2D eigenvalue weighted by Gasteiger charge is -2.24. The standard InChI is InChI=1S/C18H20N2O3S/c1-2-3-9-23-17(22)12-24-18-15(11-19)14(10-16(21)20-18)13-7-5-4-6-8-13/h4-8,14H,2-3,9-10,12H2,1H3,(H,20,21)/t14-/m0/s1. The third-order valence-corrected chi connectivity index (χ3v) is 4.64. The van der Waals surface area contributed by atoms with Crippen LogP contribution < -0.4 is 5.32 Å². The molecule has 0 saturated heterocycles. The van der Waals surface area contributed by atoms with Crippen LogP contribution in [0.2, 0.25) is 0 Å². The summed E-state index contributed by atoms with van der Waals surface area (Å²) in [5.41, 5.74) is 1.42. The number of unbranched alkanes of at least 4 members (excludes halogenated alkanes) is 1. The number of ether oxygens (including phenoxy) is 1. The number of nitrogens with zero attached hydrogens (tertiary/aromatic N) is 1. The van der Waals surface area contributed by atoms with Gasteiger partial charge in [-0.3, -0.25) is 9.59 Å². The maximum Gasteiger partial charge on any atom is 0.316 e. The van der Waals surface area contributed by atoms with Gasteiger partial charge in [0.25, 0.3) is 0 Å². The van der Waals surface area contributed by atoms with Gasteiger partial charge < -0.3 is 10.1 Å². The third kappa shape index (κ3) is 4.87. The van der Waals surface area contributed by atoms with Gasteiger partial charge in [0.2, 0.25) is 5.91 Å². The van der Waals surface area contributed by atoms with Gasteiger partial charge in [-0.1, -0.05) is 55.4 Å². The Morgan fingerprint density at radius 2 is 2.17 bits per heavy atom. The second-order valence-electron chi connectivity index (χ2n) is 5.43. The number of hydrogen-bond donors (Lipinski definition) is 1. The Kier molecular flexibility index (Phi) is 6.89. The summed E-state index contributed by atoms with van der Waals surface area (Å²) in [5, 5.41) is 12.7. The number of nitrogens with one attached hydrogen (secondary N) is 1. The molecule has 0 saturated carbocycles. The molecule has 1 aromatic rings. The van der Waals surface area contributed by atoms with Crippen LogP contribution >= 0.6 is 11.8 Å². The summed E-state index contributed by atoms with van der Waals surface area (Å²) in [6, 6.07) is 11.7. The van der Waals surface area contributed by atoms with Gasteiger partial charge in [-0.25, -0.2) is 0 Å². The molecule has 1 N–H and O–H groups in total. The monoisotopic (exact) mass is 344 g/mol. The largest absolute Gasteiger partial charge is 0.465 e. The summed E-state index contributed by atoms with van der Waals surface area (Å²) in [7, 11) is 0. The molecule has 0 bridgehead atoms. The lowest BCUT2D eigenvalue weighted by atomic mass is 9.87.